The summed E-state index contributed by atoms with van der Waals surface area (Å²) in [6.45, 7) is 0. The molecule has 2 rings (SSSR count). The van der Waals surface area contributed by atoms with Gasteiger partial charge in [-0.05, 0) is 29.8 Å². The fourth-order valence-electron chi connectivity index (χ4n) is 1.25. The zero-order valence-electron chi connectivity index (χ0n) is 7.72. The SMILES string of the molecule is ON=Cc1ccc(-c2ccc(Cl)cc2)s1. The first-order valence-corrected chi connectivity index (χ1v) is 5.52. The summed E-state index contributed by atoms with van der Waals surface area (Å²) in [4.78, 5) is 2.05. The third-order valence-electron chi connectivity index (χ3n) is 1.94. The maximum Gasteiger partial charge on any atom is 0.0833 e. The number of hydrogen-bond donors (Lipinski definition) is 1. The molecule has 1 heterocycles. The van der Waals surface area contributed by atoms with Crippen molar-refractivity contribution in [2.75, 3.05) is 0 Å². The van der Waals surface area contributed by atoms with Crippen LogP contribution in [0.25, 0.3) is 10.4 Å². The maximum absolute atomic E-state index is 8.39. The van der Waals surface area contributed by atoms with Crippen molar-refractivity contribution in [1.82, 2.24) is 0 Å². The summed E-state index contributed by atoms with van der Waals surface area (Å²) in [5.41, 5.74) is 1.11. The van der Waals surface area contributed by atoms with Crippen LogP contribution in [0.1, 0.15) is 4.88 Å². The standard InChI is InChI=1S/C11H8ClNOS/c12-9-3-1-8(2-4-9)11-6-5-10(15-11)7-13-14/h1-7,14H. The van der Waals surface area contributed by atoms with Crippen molar-refractivity contribution < 1.29 is 5.21 Å². The Hall–Kier alpha value is -1.32. The minimum absolute atomic E-state index is 0.729. The lowest BCUT2D eigenvalue weighted by Crippen LogP contribution is -1.70. The molecule has 0 radical (unpaired) electrons. The van der Waals surface area contributed by atoms with Crippen LogP contribution in [-0.2, 0) is 0 Å². The number of thiophene rings is 1. The van der Waals surface area contributed by atoms with Crippen molar-refractivity contribution in [3.8, 4) is 10.4 Å². The highest BCUT2D eigenvalue weighted by Crippen LogP contribution is 2.28. The van der Waals surface area contributed by atoms with Crippen LogP contribution in [0.2, 0.25) is 5.02 Å². The van der Waals surface area contributed by atoms with Gasteiger partial charge in [0.1, 0.15) is 0 Å². The number of benzene rings is 1. The molecule has 0 fully saturated rings. The Morgan fingerprint density at radius 3 is 2.53 bits per heavy atom. The zero-order valence-corrected chi connectivity index (χ0v) is 9.29. The van der Waals surface area contributed by atoms with Gasteiger partial charge in [0.05, 0.1) is 6.21 Å². The average Bonchev–Trinajstić information content (AvgIpc) is 2.68. The van der Waals surface area contributed by atoms with Gasteiger partial charge in [0.15, 0.2) is 0 Å². The van der Waals surface area contributed by atoms with Crippen LogP contribution >= 0.6 is 22.9 Å². The Labute approximate surface area is 96.4 Å². The van der Waals surface area contributed by atoms with Gasteiger partial charge in [-0.2, -0.15) is 0 Å². The lowest BCUT2D eigenvalue weighted by Gasteiger charge is -1.96. The van der Waals surface area contributed by atoms with E-state index in [1.54, 1.807) is 11.3 Å². The molecule has 0 aliphatic heterocycles. The molecule has 2 nitrogen and oxygen atoms in total. The third-order valence-corrected chi connectivity index (χ3v) is 3.26. The summed E-state index contributed by atoms with van der Waals surface area (Å²) < 4.78 is 0. The minimum Gasteiger partial charge on any atom is -0.411 e. The fourth-order valence-corrected chi connectivity index (χ4v) is 2.25. The second-order valence-corrected chi connectivity index (χ2v) is 4.51. The zero-order chi connectivity index (χ0) is 10.7. The Kier molecular flexibility index (Phi) is 3.04. The molecular weight excluding hydrogens is 230 g/mol. The molecule has 0 aliphatic rings. The van der Waals surface area contributed by atoms with E-state index in [4.69, 9.17) is 16.8 Å². The van der Waals surface area contributed by atoms with E-state index in [1.165, 1.54) is 6.21 Å². The van der Waals surface area contributed by atoms with Crippen LogP contribution in [0.15, 0.2) is 41.6 Å². The van der Waals surface area contributed by atoms with Crippen LogP contribution in [0.4, 0.5) is 0 Å². The number of halogens is 1. The first-order valence-electron chi connectivity index (χ1n) is 4.33. The van der Waals surface area contributed by atoms with Gasteiger partial charge in [-0.25, -0.2) is 0 Å². The lowest BCUT2D eigenvalue weighted by atomic mass is 10.2. The number of nitrogens with zero attached hydrogens (tertiary/aromatic N) is 1. The summed E-state index contributed by atoms with van der Waals surface area (Å²) in [6, 6.07) is 11.5. The van der Waals surface area contributed by atoms with E-state index in [-0.39, 0.29) is 0 Å². The predicted octanol–water partition coefficient (Wildman–Crippen LogP) is 3.88. The lowest BCUT2D eigenvalue weighted by molar-refractivity contribution is 0.322. The highest BCUT2D eigenvalue weighted by Gasteiger charge is 2.01. The molecule has 0 unspecified atom stereocenters. The summed E-state index contributed by atoms with van der Waals surface area (Å²) in [5, 5.41) is 12.1. The van der Waals surface area contributed by atoms with Crippen LogP contribution in [-0.4, -0.2) is 11.4 Å². The van der Waals surface area contributed by atoms with Crippen molar-refractivity contribution in [1.29, 1.82) is 0 Å². The van der Waals surface area contributed by atoms with Crippen LogP contribution in [0, 0.1) is 0 Å². The number of rotatable bonds is 2. The van der Waals surface area contributed by atoms with E-state index >= 15 is 0 Å². The largest absolute Gasteiger partial charge is 0.411 e. The van der Waals surface area contributed by atoms with Gasteiger partial charge in [0.25, 0.3) is 0 Å². The van der Waals surface area contributed by atoms with Crippen LogP contribution < -0.4 is 0 Å². The summed E-state index contributed by atoms with van der Waals surface area (Å²) in [6.07, 6.45) is 1.42. The second kappa shape index (κ2) is 4.47. The molecule has 76 valence electrons. The molecule has 1 aromatic carbocycles. The van der Waals surface area contributed by atoms with Crippen LogP contribution in [0.3, 0.4) is 0 Å². The van der Waals surface area contributed by atoms with Crippen molar-refractivity contribution in [2.45, 2.75) is 0 Å². The van der Waals surface area contributed by atoms with Gasteiger partial charge in [0, 0.05) is 14.8 Å². The van der Waals surface area contributed by atoms with Gasteiger partial charge in [-0.1, -0.05) is 28.9 Å². The third kappa shape index (κ3) is 2.37. The second-order valence-electron chi connectivity index (χ2n) is 2.95. The number of oxime groups is 1. The van der Waals surface area contributed by atoms with Crippen molar-refractivity contribution in [3.05, 3.63) is 46.3 Å². The van der Waals surface area contributed by atoms with Crippen molar-refractivity contribution in [3.63, 3.8) is 0 Å². The first-order chi connectivity index (χ1) is 7.29. The first kappa shape index (κ1) is 10.2. The molecule has 0 amide bonds. The van der Waals surface area contributed by atoms with Crippen molar-refractivity contribution in [2.24, 2.45) is 5.16 Å². The van der Waals surface area contributed by atoms with E-state index in [0.29, 0.717) is 0 Å². The van der Waals surface area contributed by atoms with Gasteiger partial charge in [-0.3, -0.25) is 0 Å². The van der Waals surface area contributed by atoms with Gasteiger partial charge in [-0.15, -0.1) is 11.3 Å². The molecule has 1 N–H and O–H groups in total. The molecule has 0 aliphatic carbocycles. The molecule has 0 saturated heterocycles. The molecule has 0 saturated carbocycles. The molecule has 0 spiro atoms. The topological polar surface area (TPSA) is 32.6 Å². The van der Waals surface area contributed by atoms with E-state index in [2.05, 4.69) is 5.16 Å². The van der Waals surface area contributed by atoms with Crippen molar-refractivity contribution >= 4 is 29.2 Å². The smallest absolute Gasteiger partial charge is 0.0833 e. The Bertz CT molecular complexity index is 476. The molecular formula is C11H8ClNOS. The molecule has 2 aromatic rings. The Morgan fingerprint density at radius 2 is 1.87 bits per heavy atom. The fraction of sp³-hybridized carbons (Fsp3) is 0. The quantitative estimate of drug-likeness (QED) is 0.480. The summed E-state index contributed by atoms with van der Waals surface area (Å²) in [7, 11) is 0. The molecule has 0 bridgehead atoms. The predicted molar refractivity (Wildman–Crippen MR) is 64.1 cm³/mol. The summed E-state index contributed by atoms with van der Waals surface area (Å²) in [5.74, 6) is 0. The van der Waals surface area contributed by atoms with Crippen LogP contribution in [0.5, 0.6) is 0 Å². The Balaban J connectivity index is 2.33. The molecule has 15 heavy (non-hydrogen) atoms. The molecule has 1 aromatic heterocycles. The van der Waals surface area contributed by atoms with E-state index in [0.717, 1.165) is 20.3 Å². The van der Waals surface area contributed by atoms with Gasteiger partial charge < -0.3 is 5.21 Å². The molecule has 0 atom stereocenters. The van der Waals surface area contributed by atoms with Gasteiger partial charge >= 0.3 is 0 Å². The van der Waals surface area contributed by atoms with Gasteiger partial charge in [0.2, 0.25) is 0 Å². The monoisotopic (exact) mass is 237 g/mol. The highest BCUT2D eigenvalue weighted by molar-refractivity contribution is 7.17. The maximum atomic E-state index is 8.39. The summed E-state index contributed by atoms with van der Waals surface area (Å²) >= 11 is 7.37. The average molecular weight is 238 g/mol. The van der Waals surface area contributed by atoms with E-state index in [1.807, 2.05) is 36.4 Å². The number of hydrogen-bond acceptors (Lipinski definition) is 3. The highest BCUT2D eigenvalue weighted by atomic mass is 35.5. The normalized spacial score (nSPS) is 11.0. The molecule has 4 heteroatoms. The van der Waals surface area contributed by atoms with E-state index < -0.39 is 0 Å². The minimum atomic E-state index is 0.729. The Morgan fingerprint density at radius 1 is 1.13 bits per heavy atom. The van der Waals surface area contributed by atoms with E-state index in [9.17, 15) is 0 Å².